The average Bonchev–Trinajstić information content (AvgIpc) is 3.47. The molecule has 0 radical (unpaired) electrons. The Kier molecular flexibility index (Phi) is 14.5. The summed E-state index contributed by atoms with van der Waals surface area (Å²) >= 11 is 0.941. The second kappa shape index (κ2) is 18.3. The molecule has 0 saturated heterocycles. The van der Waals surface area contributed by atoms with Crippen molar-refractivity contribution in [3.8, 4) is 17.4 Å². The molecule has 0 aliphatic rings. The van der Waals surface area contributed by atoms with Gasteiger partial charge in [0.15, 0.2) is 17.5 Å². The van der Waals surface area contributed by atoms with Crippen LogP contribution in [0.4, 0.5) is 14.7 Å². The lowest BCUT2D eigenvalue weighted by atomic mass is 10.2. The summed E-state index contributed by atoms with van der Waals surface area (Å²) in [6.45, 7) is 16.2. The van der Waals surface area contributed by atoms with Crippen LogP contribution in [0.3, 0.4) is 0 Å². The summed E-state index contributed by atoms with van der Waals surface area (Å²) in [5, 5.41) is 20.1. The number of aliphatic carboxylic acids is 1. The molecular weight excluding hydrogens is 712 g/mol. The molecule has 3 N–H and O–H groups in total. The molecule has 0 aliphatic carbocycles. The number of oxime groups is 1. The van der Waals surface area contributed by atoms with E-state index in [0.29, 0.717) is 25.3 Å². The van der Waals surface area contributed by atoms with Crippen LogP contribution in [-0.4, -0.2) is 81.0 Å². The number of carboxylic acids is 1. The molecule has 2 amide bonds. The van der Waals surface area contributed by atoms with Crippen LogP contribution in [0.5, 0.6) is 17.4 Å². The van der Waals surface area contributed by atoms with Crippen molar-refractivity contribution in [2.75, 3.05) is 18.5 Å². The number of hydrogen-bond acceptors (Lipinski definition) is 14. The van der Waals surface area contributed by atoms with Crippen LogP contribution in [0, 0.1) is 0 Å². The second-order valence-corrected chi connectivity index (χ2v) is 15.2. The Bertz CT molecular complexity index is 1720. The molecule has 3 rings (SSSR count). The predicted molar refractivity (Wildman–Crippen MR) is 192 cm³/mol. The lowest BCUT2D eigenvalue weighted by Crippen LogP contribution is -2.37. The van der Waals surface area contributed by atoms with Gasteiger partial charge in [0.25, 0.3) is 6.10 Å². The van der Waals surface area contributed by atoms with E-state index in [9.17, 15) is 24.3 Å². The molecule has 18 heteroatoms. The molecule has 3 aromatic rings. The molecule has 53 heavy (non-hydrogen) atoms. The minimum atomic E-state index is -1.50. The van der Waals surface area contributed by atoms with E-state index in [4.69, 9.17) is 28.5 Å². The van der Waals surface area contributed by atoms with Crippen molar-refractivity contribution in [3.05, 3.63) is 53.9 Å². The van der Waals surface area contributed by atoms with Crippen LogP contribution >= 0.6 is 11.3 Å². The topological polar surface area (TPSA) is 210 Å². The number of aryl methyl sites for hydroxylation is 1. The summed E-state index contributed by atoms with van der Waals surface area (Å²) in [6.07, 6.45) is 3.04. The van der Waals surface area contributed by atoms with E-state index in [1.54, 1.807) is 86.6 Å². The van der Waals surface area contributed by atoms with Crippen molar-refractivity contribution in [1.29, 1.82) is 0 Å². The summed E-state index contributed by atoms with van der Waals surface area (Å²) < 4.78 is 29.3. The summed E-state index contributed by atoms with van der Waals surface area (Å²) in [6, 6.07) is 6.67. The van der Waals surface area contributed by atoms with Crippen LogP contribution in [0.15, 0.2) is 53.4 Å². The van der Waals surface area contributed by atoms with Gasteiger partial charge in [-0.05, 0) is 68.4 Å². The Hall–Kier alpha value is -5.52. The maximum Gasteiger partial charge on any atom is 0.413 e. The monoisotopic (exact) mass is 759 g/mol. The first-order valence-corrected chi connectivity index (χ1v) is 17.4. The van der Waals surface area contributed by atoms with Gasteiger partial charge in [-0.2, -0.15) is 0 Å². The number of nitrogens with zero attached hydrogens (tertiary/aromatic N) is 4. The molecule has 0 fully saturated rings. The van der Waals surface area contributed by atoms with E-state index < -0.39 is 59.4 Å². The fourth-order valence-corrected chi connectivity index (χ4v) is 4.56. The van der Waals surface area contributed by atoms with E-state index in [2.05, 4.69) is 25.8 Å². The molecule has 0 saturated carbocycles. The molecular formula is C35H47N6O11S+. The summed E-state index contributed by atoms with van der Waals surface area (Å²) in [4.78, 5) is 62.6. The predicted octanol–water partition coefficient (Wildman–Crippen LogP) is 5.47. The van der Waals surface area contributed by atoms with Gasteiger partial charge in [-0.25, -0.2) is 33.7 Å². The van der Waals surface area contributed by atoms with E-state index in [-0.39, 0.29) is 22.5 Å². The largest absolute Gasteiger partial charge is 0.487 e. The highest BCUT2D eigenvalue weighted by Gasteiger charge is 2.30. The van der Waals surface area contributed by atoms with Crippen molar-refractivity contribution in [2.24, 2.45) is 5.16 Å². The van der Waals surface area contributed by atoms with Crippen molar-refractivity contribution in [1.82, 2.24) is 15.3 Å². The molecule has 3 heterocycles. The SMILES string of the molecule is CC(C)(C)OC(=O)NCCC[n+]1ccc(Oc2ccc(OCC(O/N=C(\C(=O)O)c3csc(NC(=O)OC(C)(C)C)n3)C(=O)OC(C)(C)C)cn2)cc1. The van der Waals surface area contributed by atoms with E-state index in [1.807, 2.05) is 17.0 Å². The maximum absolute atomic E-state index is 13.0. The smallest absolute Gasteiger partial charge is 0.413 e. The standard InChI is InChI=1S/C35H46N6O11S/c1-33(2,3)49-29(44)25(52-40-27(28(42)43)24-21-53-30(38-24)39-32(46)51-35(7,8)9)20-47-23-11-12-26(37-19-23)48-22-13-17-41(18-14-22)16-10-15-36-31(45)50-34(4,5)6/h11-14,17-19,21,25H,10,15-16,20H2,1-9H3,(H2-,36,38,39,42,43,45,46)/p+1/b40-27-. The van der Waals surface area contributed by atoms with Gasteiger partial charge >= 0.3 is 24.1 Å². The first-order chi connectivity index (χ1) is 24.7. The molecule has 288 valence electrons. The zero-order valence-electron chi connectivity index (χ0n) is 31.3. The third-order valence-corrected chi connectivity index (χ3v) is 6.71. The number of alkyl carbamates (subject to hydrolysis) is 1. The Morgan fingerprint density at radius 1 is 0.887 bits per heavy atom. The number of carbonyl (C=O) groups excluding carboxylic acids is 3. The van der Waals surface area contributed by atoms with Gasteiger partial charge in [-0.15, -0.1) is 11.3 Å². The fraction of sp³-hybridized carbons (Fsp3) is 0.486. The number of esters is 1. The van der Waals surface area contributed by atoms with Crippen LogP contribution in [-0.2, 0) is 35.2 Å². The third kappa shape index (κ3) is 16.1. The zero-order valence-corrected chi connectivity index (χ0v) is 32.1. The van der Waals surface area contributed by atoms with Crippen LogP contribution < -0.4 is 24.7 Å². The number of nitrogens with one attached hydrogen (secondary N) is 2. The number of ether oxygens (including phenoxy) is 5. The van der Waals surface area contributed by atoms with Crippen LogP contribution in [0.25, 0.3) is 0 Å². The van der Waals surface area contributed by atoms with Gasteiger partial charge in [0, 0.05) is 36.5 Å². The average molecular weight is 760 g/mol. The maximum atomic E-state index is 13.0. The van der Waals surface area contributed by atoms with Gasteiger partial charge < -0.3 is 38.9 Å². The van der Waals surface area contributed by atoms with Gasteiger partial charge in [-0.3, -0.25) is 5.32 Å². The number of thiazole rings is 1. The number of amides is 2. The summed E-state index contributed by atoms with van der Waals surface area (Å²) in [5.74, 6) is -1.29. The fourth-order valence-electron chi connectivity index (χ4n) is 3.88. The molecule has 1 atom stereocenters. The Labute approximate surface area is 311 Å². The quantitative estimate of drug-likeness (QED) is 0.0439. The highest BCUT2D eigenvalue weighted by Crippen LogP contribution is 2.22. The highest BCUT2D eigenvalue weighted by molar-refractivity contribution is 7.14. The van der Waals surface area contributed by atoms with E-state index in [1.165, 1.54) is 11.6 Å². The van der Waals surface area contributed by atoms with Crippen molar-refractivity contribution in [3.63, 3.8) is 0 Å². The van der Waals surface area contributed by atoms with Gasteiger partial charge in [-0.1, -0.05) is 5.16 Å². The molecule has 0 aliphatic heterocycles. The Morgan fingerprint density at radius 2 is 1.53 bits per heavy atom. The highest BCUT2D eigenvalue weighted by atomic mass is 32.1. The lowest BCUT2D eigenvalue weighted by molar-refractivity contribution is -0.697. The number of pyridine rings is 2. The van der Waals surface area contributed by atoms with Crippen molar-refractivity contribution in [2.45, 2.75) is 98.2 Å². The molecule has 1 unspecified atom stereocenters. The molecule has 0 spiro atoms. The van der Waals surface area contributed by atoms with Crippen molar-refractivity contribution >= 4 is 46.3 Å². The number of carboxylic acid groups (broad SMARTS) is 1. The van der Waals surface area contributed by atoms with E-state index in [0.717, 1.165) is 11.3 Å². The third-order valence-electron chi connectivity index (χ3n) is 5.95. The first kappa shape index (κ1) is 41.9. The minimum Gasteiger partial charge on any atom is -0.487 e. The summed E-state index contributed by atoms with van der Waals surface area (Å²) in [5.41, 5.74) is -2.96. The number of rotatable bonds is 15. The van der Waals surface area contributed by atoms with Crippen LogP contribution in [0.1, 0.15) is 74.4 Å². The van der Waals surface area contributed by atoms with Gasteiger partial charge in [0.2, 0.25) is 11.6 Å². The van der Waals surface area contributed by atoms with E-state index >= 15 is 0 Å². The van der Waals surface area contributed by atoms with Gasteiger partial charge in [0.1, 0.15) is 47.1 Å². The van der Waals surface area contributed by atoms with Gasteiger partial charge in [0.05, 0.1) is 6.20 Å². The molecule has 0 bridgehead atoms. The first-order valence-electron chi connectivity index (χ1n) is 16.5. The number of hydrogen-bond donors (Lipinski definition) is 3. The van der Waals surface area contributed by atoms with Crippen molar-refractivity contribution < 1.29 is 57.4 Å². The Balaban J connectivity index is 1.59. The zero-order chi connectivity index (χ0) is 39.4. The molecule has 17 nitrogen and oxygen atoms in total. The number of carbonyl (C=O) groups is 4. The molecule has 0 aromatic carbocycles. The minimum absolute atomic E-state index is 0.0626. The number of aromatic nitrogens is 3. The molecule has 3 aromatic heterocycles. The summed E-state index contributed by atoms with van der Waals surface area (Å²) in [7, 11) is 0. The second-order valence-electron chi connectivity index (χ2n) is 14.3. The normalized spacial score (nSPS) is 12.6. The Morgan fingerprint density at radius 3 is 2.11 bits per heavy atom. The lowest BCUT2D eigenvalue weighted by Gasteiger charge is -2.23. The number of anilines is 1. The van der Waals surface area contributed by atoms with Crippen LogP contribution in [0.2, 0.25) is 0 Å².